The van der Waals surface area contributed by atoms with Crippen LogP contribution in [0.15, 0.2) is 41.5 Å². The highest BCUT2D eigenvalue weighted by atomic mass is 16.5. The first-order chi connectivity index (χ1) is 10.6. The van der Waals surface area contributed by atoms with E-state index in [1.165, 1.54) is 19.8 Å². The summed E-state index contributed by atoms with van der Waals surface area (Å²) in [5.74, 6) is -0.348. The van der Waals surface area contributed by atoms with Crippen molar-refractivity contribution in [2.24, 2.45) is 4.99 Å². The molecule has 1 atom stereocenters. The van der Waals surface area contributed by atoms with Gasteiger partial charge < -0.3 is 4.74 Å². The number of ether oxygens (including phenoxy) is 1. The van der Waals surface area contributed by atoms with Crippen molar-refractivity contribution in [3.05, 3.63) is 42.2 Å². The smallest absolute Gasteiger partial charge is 0.303 e. The lowest BCUT2D eigenvalue weighted by molar-refractivity contribution is -0.143. The summed E-state index contributed by atoms with van der Waals surface area (Å²) >= 11 is 0. The standard InChI is InChI=1S/C14H18N2O2.C4H10/c1-4-8-12(15-5-2)14(18-11(3)17)13-9-6-7-10-16-13;1-3-4-2/h4,6-10,14H,5H2,1-3H3;3-4H2,1-2H3/b8-4-,15-12?;. The van der Waals surface area contributed by atoms with Crippen LogP contribution in [-0.2, 0) is 9.53 Å². The van der Waals surface area contributed by atoms with Crippen LogP contribution in [0.4, 0.5) is 0 Å². The minimum atomic E-state index is -0.542. The van der Waals surface area contributed by atoms with E-state index >= 15 is 0 Å². The van der Waals surface area contributed by atoms with Gasteiger partial charge in [0.05, 0.1) is 11.4 Å². The molecule has 1 rings (SSSR count). The van der Waals surface area contributed by atoms with E-state index in [2.05, 4.69) is 23.8 Å². The average molecular weight is 304 g/mol. The second-order valence-corrected chi connectivity index (χ2v) is 4.64. The van der Waals surface area contributed by atoms with E-state index in [4.69, 9.17) is 4.74 Å². The molecule has 1 unspecified atom stereocenters. The van der Waals surface area contributed by atoms with Crippen LogP contribution in [0.25, 0.3) is 0 Å². The van der Waals surface area contributed by atoms with Gasteiger partial charge in [-0.1, -0.05) is 38.8 Å². The van der Waals surface area contributed by atoms with Gasteiger partial charge in [0.25, 0.3) is 0 Å². The molecule has 0 spiro atoms. The third-order valence-corrected chi connectivity index (χ3v) is 2.69. The average Bonchev–Trinajstić information content (AvgIpc) is 2.53. The maximum atomic E-state index is 11.2. The van der Waals surface area contributed by atoms with E-state index in [1.807, 2.05) is 44.2 Å². The summed E-state index contributed by atoms with van der Waals surface area (Å²) in [6.45, 7) is 10.2. The summed E-state index contributed by atoms with van der Waals surface area (Å²) in [5, 5.41) is 0. The summed E-state index contributed by atoms with van der Waals surface area (Å²) in [6.07, 6.45) is 7.48. The molecule has 4 heteroatoms. The molecule has 0 saturated heterocycles. The van der Waals surface area contributed by atoms with E-state index in [1.54, 1.807) is 6.20 Å². The molecule has 0 radical (unpaired) electrons. The Morgan fingerprint density at radius 1 is 1.32 bits per heavy atom. The first kappa shape index (κ1) is 20.0. The lowest BCUT2D eigenvalue weighted by Gasteiger charge is -2.16. The Balaban J connectivity index is 0.000000980. The number of rotatable bonds is 6. The van der Waals surface area contributed by atoms with Gasteiger partial charge in [-0.05, 0) is 32.1 Å². The molecule has 0 bridgehead atoms. The van der Waals surface area contributed by atoms with Gasteiger partial charge in [-0.15, -0.1) is 0 Å². The molecule has 22 heavy (non-hydrogen) atoms. The molecule has 1 heterocycles. The zero-order chi connectivity index (χ0) is 16.8. The number of esters is 1. The number of carbonyl (C=O) groups is 1. The van der Waals surface area contributed by atoms with E-state index in [0.717, 1.165) is 0 Å². The van der Waals surface area contributed by atoms with Crippen LogP contribution in [-0.4, -0.2) is 23.2 Å². The van der Waals surface area contributed by atoms with E-state index in [-0.39, 0.29) is 5.97 Å². The first-order valence-corrected chi connectivity index (χ1v) is 7.85. The summed E-state index contributed by atoms with van der Waals surface area (Å²) in [5.41, 5.74) is 1.38. The normalized spacial score (nSPS) is 12.5. The fraction of sp³-hybridized carbons (Fsp3) is 0.500. The third kappa shape index (κ3) is 8.35. The fourth-order valence-corrected chi connectivity index (χ4v) is 1.55. The summed E-state index contributed by atoms with van der Waals surface area (Å²) < 4.78 is 5.32. The van der Waals surface area contributed by atoms with Gasteiger partial charge in [0.15, 0.2) is 6.10 Å². The van der Waals surface area contributed by atoms with Crippen molar-refractivity contribution < 1.29 is 9.53 Å². The van der Waals surface area contributed by atoms with Crippen LogP contribution < -0.4 is 0 Å². The molecule has 0 N–H and O–H groups in total. The lowest BCUT2D eigenvalue weighted by atomic mass is 10.1. The van der Waals surface area contributed by atoms with Gasteiger partial charge >= 0.3 is 5.97 Å². The highest BCUT2D eigenvalue weighted by Crippen LogP contribution is 2.18. The fourth-order valence-electron chi connectivity index (χ4n) is 1.55. The second-order valence-electron chi connectivity index (χ2n) is 4.64. The molecule has 0 aliphatic carbocycles. The number of nitrogens with zero attached hydrogens (tertiary/aromatic N) is 2. The molecule has 0 amide bonds. The molecule has 122 valence electrons. The molecule has 0 saturated carbocycles. The van der Waals surface area contributed by atoms with Crippen molar-refractivity contribution in [2.45, 2.75) is 53.6 Å². The van der Waals surface area contributed by atoms with Crippen molar-refractivity contribution in [1.82, 2.24) is 4.98 Å². The van der Waals surface area contributed by atoms with Crippen molar-refractivity contribution in [1.29, 1.82) is 0 Å². The molecule has 0 aromatic carbocycles. The van der Waals surface area contributed by atoms with Gasteiger partial charge in [-0.3, -0.25) is 14.8 Å². The largest absolute Gasteiger partial charge is 0.449 e. The van der Waals surface area contributed by atoms with Crippen LogP contribution in [0.5, 0.6) is 0 Å². The summed E-state index contributed by atoms with van der Waals surface area (Å²) in [7, 11) is 0. The number of hydrogen-bond acceptors (Lipinski definition) is 4. The topological polar surface area (TPSA) is 51.5 Å². The number of aliphatic imine (C=N–C) groups is 1. The number of unbranched alkanes of at least 4 members (excludes halogenated alkanes) is 1. The second kappa shape index (κ2) is 12.7. The molecular weight excluding hydrogens is 276 g/mol. The Morgan fingerprint density at radius 2 is 2.00 bits per heavy atom. The van der Waals surface area contributed by atoms with Crippen molar-refractivity contribution in [3.63, 3.8) is 0 Å². The summed E-state index contributed by atoms with van der Waals surface area (Å²) in [6, 6.07) is 5.50. The van der Waals surface area contributed by atoms with Crippen LogP contribution in [0.1, 0.15) is 59.3 Å². The van der Waals surface area contributed by atoms with E-state index in [0.29, 0.717) is 18.0 Å². The third-order valence-electron chi connectivity index (χ3n) is 2.69. The van der Waals surface area contributed by atoms with Crippen LogP contribution in [0.2, 0.25) is 0 Å². The van der Waals surface area contributed by atoms with Crippen molar-refractivity contribution in [2.75, 3.05) is 6.54 Å². The quantitative estimate of drug-likeness (QED) is 0.573. The minimum Gasteiger partial charge on any atom is -0.449 e. The number of pyridine rings is 1. The minimum absolute atomic E-state index is 0.348. The van der Waals surface area contributed by atoms with Gasteiger partial charge in [0.2, 0.25) is 0 Å². The van der Waals surface area contributed by atoms with Gasteiger partial charge in [0, 0.05) is 19.7 Å². The Hall–Kier alpha value is -1.97. The number of aromatic nitrogens is 1. The maximum Gasteiger partial charge on any atom is 0.303 e. The van der Waals surface area contributed by atoms with Crippen molar-refractivity contribution >= 4 is 11.7 Å². The van der Waals surface area contributed by atoms with Crippen LogP contribution in [0.3, 0.4) is 0 Å². The Morgan fingerprint density at radius 3 is 2.41 bits per heavy atom. The predicted octanol–water partition coefficient (Wildman–Crippen LogP) is 4.53. The zero-order valence-corrected chi connectivity index (χ0v) is 14.4. The number of carbonyl (C=O) groups excluding carboxylic acids is 1. The van der Waals surface area contributed by atoms with Gasteiger partial charge in [0.1, 0.15) is 0 Å². The highest BCUT2D eigenvalue weighted by molar-refractivity contribution is 5.99. The molecule has 0 aliphatic heterocycles. The first-order valence-electron chi connectivity index (χ1n) is 7.85. The van der Waals surface area contributed by atoms with Crippen molar-refractivity contribution in [3.8, 4) is 0 Å². The highest BCUT2D eigenvalue weighted by Gasteiger charge is 2.20. The molecule has 1 aromatic rings. The Kier molecular flexibility index (Phi) is 11.6. The van der Waals surface area contributed by atoms with Gasteiger partial charge in [-0.2, -0.15) is 0 Å². The SMILES string of the molecule is C/C=C\C(=NCC)C(OC(C)=O)c1ccccn1.CCCC. The molecule has 0 fully saturated rings. The predicted molar refractivity (Wildman–Crippen MR) is 92.1 cm³/mol. The number of allylic oxidation sites excluding steroid dienone is 1. The number of hydrogen-bond donors (Lipinski definition) is 0. The zero-order valence-electron chi connectivity index (χ0n) is 14.4. The Bertz CT molecular complexity index is 465. The molecule has 0 aliphatic rings. The molecular formula is C18H28N2O2. The van der Waals surface area contributed by atoms with Gasteiger partial charge in [-0.25, -0.2) is 0 Å². The van der Waals surface area contributed by atoms with Crippen LogP contribution >= 0.6 is 0 Å². The monoisotopic (exact) mass is 304 g/mol. The Labute approximate surface area is 134 Å². The summed E-state index contributed by atoms with van der Waals surface area (Å²) in [4.78, 5) is 19.8. The van der Waals surface area contributed by atoms with Crippen LogP contribution in [0, 0.1) is 0 Å². The lowest BCUT2D eigenvalue weighted by Crippen LogP contribution is -2.18. The molecule has 1 aromatic heterocycles. The van der Waals surface area contributed by atoms with E-state index < -0.39 is 6.10 Å². The maximum absolute atomic E-state index is 11.2. The molecule has 4 nitrogen and oxygen atoms in total. The van der Waals surface area contributed by atoms with E-state index in [9.17, 15) is 4.79 Å².